The van der Waals surface area contributed by atoms with Crippen LogP contribution in [0.15, 0.2) is 33.5 Å². The fourth-order valence-corrected chi connectivity index (χ4v) is 3.35. The Kier molecular flexibility index (Phi) is 5.25. The van der Waals surface area contributed by atoms with E-state index >= 15 is 0 Å². The summed E-state index contributed by atoms with van der Waals surface area (Å²) in [7, 11) is 0. The molecule has 1 unspecified atom stereocenters. The van der Waals surface area contributed by atoms with Crippen LogP contribution >= 0.6 is 0 Å². The maximum absolute atomic E-state index is 12.6. The molecule has 3 heterocycles. The quantitative estimate of drug-likeness (QED) is 0.873. The lowest BCUT2D eigenvalue weighted by Gasteiger charge is -2.32. The van der Waals surface area contributed by atoms with Crippen LogP contribution in [0.25, 0.3) is 0 Å². The number of aromatic nitrogens is 1. The van der Waals surface area contributed by atoms with E-state index in [2.05, 4.69) is 10.3 Å². The van der Waals surface area contributed by atoms with Crippen LogP contribution in [0.5, 0.6) is 0 Å². The summed E-state index contributed by atoms with van der Waals surface area (Å²) in [6.07, 6.45) is 1.81. The van der Waals surface area contributed by atoms with E-state index in [1.165, 1.54) is 6.07 Å². The standard InChI is InChI=1S/C19H23N3O4/c1-12-9-15(13(2)26-12)18(24)20-10-14-5-4-8-22(11-14)19(25)16-6-3-7-17(23)21-16/h3,6-7,9,14H,4-5,8,10-11H2,1-2H3,(H,20,24)(H,21,23). The minimum absolute atomic E-state index is 0.157. The zero-order chi connectivity index (χ0) is 18.7. The van der Waals surface area contributed by atoms with Gasteiger partial charge >= 0.3 is 0 Å². The summed E-state index contributed by atoms with van der Waals surface area (Å²) >= 11 is 0. The number of carbonyl (C=O) groups is 2. The van der Waals surface area contributed by atoms with Crippen LogP contribution < -0.4 is 10.9 Å². The van der Waals surface area contributed by atoms with Gasteiger partial charge in [0.1, 0.15) is 17.2 Å². The Bertz CT molecular complexity index is 868. The second-order valence-electron chi connectivity index (χ2n) is 6.73. The van der Waals surface area contributed by atoms with Crippen molar-refractivity contribution in [2.24, 2.45) is 5.92 Å². The van der Waals surface area contributed by atoms with Crippen molar-refractivity contribution in [3.05, 3.63) is 57.4 Å². The molecule has 26 heavy (non-hydrogen) atoms. The first kappa shape index (κ1) is 18.0. The number of hydrogen-bond donors (Lipinski definition) is 2. The molecule has 2 aromatic rings. The number of likely N-dealkylation sites (tertiary alicyclic amines) is 1. The van der Waals surface area contributed by atoms with E-state index in [1.54, 1.807) is 30.0 Å². The van der Waals surface area contributed by atoms with Crippen molar-refractivity contribution in [3.8, 4) is 0 Å². The van der Waals surface area contributed by atoms with Gasteiger partial charge in [-0.05, 0) is 44.7 Å². The molecular weight excluding hydrogens is 334 g/mol. The highest BCUT2D eigenvalue weighted by Gasteiger charge is 2.25. The Morgan fingerprint density at radius 1 is 1.35 bits per heavy atom. The van der Waals surface area contributed by atoms with Gasteiger partial charge in [-0.15, -0.1) is 0 Å². The highest BCUT2D eigenvalue weighted by molar-refractivity contribution is 5.95. The second kappa shape index (κ2) is 7.59. The molecule has 1 aliphatic rings. The summed E-state index contributed by atoms with van der Waals surface area (Å²) in [5.74, 6) is 1.16. The normalized spacial score (nSPS) is 17.2. The number of aryl methyl sites for hydroxylation is 2. The number of aromatic amines is 1. The van der Waals surface area contributed by atoms with Crippen LogP contribution in [0.2, 0.25) is 0 Å². The Balaban J connectivity index is 1.58. The fraction of sp³-hybridized carbons (Fsp3) is 0.421. The van der Waals surface area contributed by atoms with Crippen LogP contribution in [-0.4, -0.2) is 41.3 Å². The van der Waals surface area contributed by atoms with Gasteiger partial charge in [-0.2, -0.15) is 0 Å². The fourth-order valence-electron chi connectivity index (χ4n) is 3.35. The van der Waals surface area contributed by atoms with E-state index in [9.17, 15) is 14.4 Å². The molecule has 0 spiro atoms. The van der Waals surface area contributed by atoms with Crippen molar-refractivity contribution in [1.82, 2.24) is 15.2 Å². The highest BCUT2D eigenvalue weighted by atomic mass is 16.3. The molecule has 1 aliphatic heterocycles. The third-order valence-corrected chi connectivity index (χ3v) is 4.64. The van der Waals surface area contributed by atoms with Gasteiger partial charge in [0.15, 0.2) is 0 Å². The first-order valence-corrected chi connectivity index (χ1v) is 8.78. The molecule has 1 fully saturated rings. The molecule has 0 bridgehead atoms. The van der Waals surface area contributed by atoms with Crippen molar-refractivity contribution in [1.29, 1.82) is 0 Å². The maximum Gasteiger partial charge on any atom is 0.270 e. The summed E-state index contributed by atoms with van der Waals surface area (Å²) < 4.78 is 5.39. The molecule has 7 nitrogen and oxygen atoms in total. The molecule has 2 amide bonds. The Morgan fingerprint density at radius 3 is 2.85 bits per heavy atom. The SMILES string of the molecule is Cc1cc(C(=O)NCC2CCCN(C(=O)c3cccc(=O)[nH]3)C2)c(C)o1. The summed E-state index contributed by atoms with van der Waals surface area (Å²) in [5, 5.41) is 2.94. The summed E-state index contributed by atoms with van der Waals surface area (Å²) in [4.78, 5) is 40.6. The zero-order valence-electron chi connectivity index (χ0n) is 15.0. The number of hydrogen-bond acceptors (Lipinski definition) is 4. The maximum atomic E-state index is 12.6. The van der Waals surface area contributed by atoms with Crippen LogP contribution in [0.4, 0.5) is 0 Å². The number of rotatable bonds is 4. The molecule has 3 rings (SSSR count). The van der Waals surface area contributed by atoms with Gasteiger partial charge < -0.3 is 19.6 Å². The zero-order valence-corrected chi connectivity index (χ0v) is 15.0. The number of H-pyrrole nitrogens is 1. The van der Waals surface area contributed by atoms with Crippen molar-refractivity contribution in [2.45, 2.75) is 26.7 Å². The molecule has 7 heteroatoms. The number of amides is 2. The lowest BCUT2D eigenvalue weighted by molar-refractivity contribution is 0.0664. The predicted molar refractivity (Wildman–Crippen MR) is 96.2 cm³/mol. The largest absolute Gasteiger partial charge is 0.466 e. The van der Waals surface area contributed by atoms with Crippen molar-refractivity contribution >= 4 is 11.8 Å². The second-order valence-corrected chi connectivity index (χ2v) is 6.73. The van der Waals surface area contributed by atoms with E-state index < -0.39 is 0 Å². The Morgan fingerprint density at radius 2 is 2.15 bits per heavy atom. The van der Waals surface area contributed by atoms with Crippen LogP contribution in [-0.2, 0) is 0 Å². The molecule has 2 aromatic heterocycles. The van der Waals surface area contributed by atoms with Gasteiger partial charge in [-0.25, -0.2) is 0 Å². The van der Waals surface area contributed by atoms with E-state index in [4.69, 9.17) is 4.42 Å². The first-order chi connectivity index (χ1) is 12.4. The van der Waals surface area contributed by atoms with Crippen molar-refractivity contribution in [3.63, 3.8) is 0 Å². The smallest absolute Gasteiger partial charge is 0.270 e. The average molecular weight is 357 g/mol. The van der Waals surface area contributed by atoms with Crippen molar-refractivity contribution < 1.29 is 14.0 Å². The summed E-state index contributed by atoms with van der Waals surface area (Å²) in [6, 6.07) is 6.29. The highest BCUT2D eigenvalue weighted by Crippen LogP contribution is 2.18. The van der Waals surface area contributed by atoms with E-state index in [1.807, 2.05) is 6.92 Å². The molecular formula is C19H23N3O4. The minimum Gasteiger partial charge on any atom is -0.466 e. The van der Waals surface area contributed by atoms with E-state index in [0.717, 1.165) is 12.8 Å². The summed E-state index contributed by atoms with van der Waals surface area (Å²) in [6.45, 7) is 5.28. The number of carbonyl (C=O) groups excluding carboxylic acids is 2. The topological polar surface area (TPSA) is 95.4 Å². The summed E-state index contributed by atoms with van der Waals surface area (Å²) in [5.41, 5.74) is 0.558. The van der Waals surface area contributed by atoms with E-state index in [-0.39, 0.29) is 23.3 Å². The van der Waals surface area contributed by atoms with Gasteiger partial charge in [-0.1, -0.05) is 6.07 Å². The van der Waals surface area contributed by atoms with Gasteiger partial charge in [0.2, 0.25) is 5.56 Å². The lowest BCUT2D eigenvalue weighted by Crippen LogP contribution is -2.44. The Labute approximate surface area is 151 Å². The van der Waals surface area contributed by atoms with Crippen molar-refractivity contribution in [2.75, 3.05) is 19.6 Å². The molecule has 138 valence electrons. The monoisotopic (exact) mass is 357 g/mol. The molecule has 0 saturated carbocycles. The van der Waals surface area contributed by atoms with Crippen LogP contribution in [0, 0.1) is 19.8 Å². The average Bonchev–Trinajstić information content (AvgIpc) is 2.97. The number of piperidine rings is 1. The predicted octanol–water partition coefficient (Wildman–Crippen LogP) is 1.87. The number of furan rings is 1. The number of nitrogens with one attached hydrogen (secondary N) is 2. The van der Waals surface area contributed by atoms with Gasteiger partial charge in [0.05, 0.1) is 5.56 Å². The number of pyridine rings is 1. The van der Waals surface area contributed by atoms with E-state index in [0.29, 0.717) is 42.4 Å². The Hall–Kier alpha value is -2.83. The van der Waals surface area contributed by atoms with Gasteiger partial charge in [0.25, 0.3) is 11.8 Å². The lowest BCUT2D eigenvalue weighted by atomic mass is 9.97. The molecule has 0 radical (unpaired) electrons. The first-order valence-electron chi connectivity index (χ1n) is 8.78. The number of nitrogens with zero attached hydrogens (tertiary/aromatic N) is 1. The molecule has 1 atom stereocenters. The third kappa shape index (κ3) is 4.04. The molecule has 2 N–H and O–H groups in total. The minimum atomic E-state index is -0.289. The molecule has 0 aliphatic carbocycles. The van der Waals surface area contributed by atoms with Crippen LogP contribution in [0.1, 0.15) is 45.2 Å². The van der Waals surface area contributed by atoms with Crippen LogP contribution in [0.3, 0.4) is 0 Å². The molecule has 1 saturated heterocycles. The third-order valence-electron chi connectivity index (χ3n) is 4.64. The molecule has 0 aromatic carbocycles. The van der Waals surface area contributed by atoms with Gasteiger partial charge in [0, 0.05) is 25.7 Å². The van der Waals surface area contributed by atoms with Gasteiger partial charge in [-0.3, -0.25) is 14.4 Å².